The van der Waals surface area contributed by atoms with Crippen LogP contribution in [0, 0.1) is 11.3 Å². The van der Waals surface area contributed by atoms with Crippen LogP contribution in [0.5, 0.6) is 0 Å². The quantitative estimate of drug-likeness (QED) is 0.790. The summed E-state index contributed by atoms with van der Waals surface area (Å²) in [6.45, 7) is 1.80. The Hall–Kier alpha value is -1.54. The Labute approximate surface area is 109 Å². The molecule has 17 heavy (non-hydrogen) atoms. The van der Waals surface area contributed by atoms with Gasteiger partial charge in [-0.2, -0.15) is 5.26 Å². The number of nitrogens with zero attached hydrogens (tertiary/aromatic N) is 3. The zero-order valence-electron chi connectivity index (χ0n) is 9.48. The van der Waals surface area contributed by atoms with E-state index >= 15 is 0 Å². The summed E-state index contributed by atoms with van der Waals surface area (Å²) in [6, 6.07) is 7.70. The van der Waals surface area contributed by atoms with Crippen molar-refractivity contribution < 1.29 is 4.79 Å². The molecular weight excluding hydrogens is 282 g/mol. The first-order valence-corrected chi connectivity index (χ1v) is 6.09. The number of amides is 1. The summed E-state index contributed by atoms with van der Waals surface area (Å²) in [6.07, 6.45) is 0. The number of carbonyl (C=O) groups excluding carboxylic acids is 1. The Morgan fingerprint density at radius 2 is 2.18 bits per heavy atom. The van der Waals surface area contributed by atoms with Gasteiger partial charge in [-0.25, -0.2) is 0 Å². The molecule has 2 rings (SSSR count). The van der Waals surface area contributed by atoms with Crippen LogP contribution >= 0.6 is 15.9 Å². The second-order valence-electron chi connectivity index (χ2n) is 4.01. The summed E-state index contributed by atoms with van der Waals surface area (Å²) in [5.74, 6) is 0.0862. The molecule has 5 heteroatoms. The zero-order chi connectivity index (χ0) is 12.4. The van der Waals surface area contributed by atoms with E-state index in [1.54, 1.807) is 18.0 Å². The normalized spacial score (nSPS) is 15.9. The van der Waals surface area contributed by atoms with Gasteiger partial charge in [0.25, 0.3) is 0 Å². The smallest absolute Gasteiger partial charge is 0.241 e. The third-order valence-corrected chi connectivity index (χ3v) is 3.37. The minimum absolute atomic E-state index is 0.0862. The fourth-order valence-corrected chi connectivity index (χ4v) is 2.20. The van der Waals surface area contributed by atoms with Gasteiger partial charge in [0, 0.05) is 24.6 Å². The molecule has 1 heterocycles. The number of rotatable bonds is 1. The molecule has 88 valence electrons. The minimum atomic E-state index is 0.0862. The van der Waals surface area contributed by atoms with E-state index in [2.05, 4.69) is 22.0 Å². The number of anilines is 1. The van der Waals surface area contributed by atoms with Crippen LogP contribution in [0.3, 0.4) is 0 Å². The number of carbonyl (C=O) groups is 1. The Kier molecular flexibility index (Phi) is 3.34. The molecule has 1 fully saturated rings. The van der Waals surface area contributed by atoms with Crippen LogP contribution in [0.2, 0.25) is 0 Å². The van der Waals surface area contributed by atoms with Gasteiger partial charge in [0.05, 0.1) is 17.8 Å². The van der Waals surface area contributed by atoms with Gasteiger partial charge in [-0.15, -0.1) is 0 Å². The van der Waals surface area contributed by atoms with Crippen molar-refractivity contribution in [2.24, 2.45) is 0 Å². The molecule has 0 bridgehead atoms. The van der Waals surface area contributed by atoms with Crippen LogP contribution in [0.4, 0.5) is 5.69 Å². The summed E-state index contributed by atoms with van der Waals surface area (Å²) in [5, 5.41) is 9.10. The molecule has 0 spiro atoms. The van der Waals surface area contributed by atoms with Gasteiger partial charge >= 0.3 is 0 Å². The molecule has 1 aliphatic rings. The number of hydrogen-bond donors (Lipinski definition) is 0. The second kappa shape index (κ2) is 4.76. The van der Waals surface area contributed by atoms with Gasteiger partial charge < -0.3 is 9.80 Å². The number of piperazine rings is 1. The first-order valence-electron chi connectivity index (χ1n) is 5.30. The average Bonchev–Trinajstić information content (AvgIpc) is 2.32. The predicted octanol–water partition coefficient (Wildman–Crippen LogP) is 1.60. The van der Waals surface area contributed by atoms with Gasteiger partial charge in [0.1, 0.15) is 6.07 Å². The summed E-state index contributed by atoms with van der Waals surface area (Å²) in [5.41, 5.74) is 1.42. The van der Waals surface area contributed by atoms with Crippen LogP contribution in [-0.4, -0.2) is 37.5 Å². The second-order valence-corrected chi connectivity index (χ2v) is 4.93. The molecule has 0 aromatic heterocycles. The summed E-state index contributed by atoms with van der Waals surface area (Å²) in [7, 11) is 1.80. The van der Waals surface area contributed by atoms with Gasteiger partial charge in [-0.1, -0.05) is 15.9 Å². The van der Waals surface area contributed by atoms with E-state index in [0.29, 0.717) is 18.7 Å². The highest BCUT2D eigenvalue weighted by Crippen LogP contribution is 2.25. The van der Waals surface area contributed by atoms with Crippen molar-refractivity contribution in [2.45, 2.75) is 0 Å². The molecule has 1 saturated heterocycles. The number of benzene rings is 1. The van der Waals surface area contributed by atoms with E-state index in [1.165, 1.54) is 0 Å². The highest BCUT2D eigenvalue weighted by atomic mass is 79.9. The van der Waals surface area contributed by atoms with E-state index in [-0.39, 0.29) is 5.91 Å². The SMILES string of the molecule is CN1CCN(c2ccc(Br)cc2C#N)CC1=O. The van der Waals surface area contributed by atoms with Crippen LogP contribution in [0.25, 0.3) is 0 Å². The molecule has 0 N–H and O–H groups in total. The molecule has 0 saturated carbocycles. The van der Waals surface area contributed by atoms with Gasteiger partial charge in [0.2, 0.25) is 5.91 Å². The molecule has 0 unspecified atom stereocenters. The number of likely N-dealkylation sites (N-methyl/N-ethyl adjacent to an activating group) is 1. The van der Waals surface area contributed by atoms with E-state index in [9.17, 15) is 4.79 Å². The topological polar surface area (TPSA) is 47.3 Å². The lowest BCUT2D eigenvalue weighted by atomic mass is 10.1. The average molecular weight is 294 g/mol. The Balaban J connectivity index is 2.29. The highest BCUT2D eigenvalue weighted by Gasteiger charge is 2.22. The lowest BCUT2D eigenvalue weighted by Gasteiger charge is -2.33. The molecule has 1 aromatic rings. The van der Waals surface area contributed by atoms with Gasteiger partial charge in [-0.05, 0) is 18.2 Å². The first-order chi connectivity index (χ1) is 8.11. The molecule has 0 radical (unpaired) electrons. The molecule has 0 atom stereocenters. The Morgan fingerprint density at radius 3 is 2.82 bits per heavy atom. The number of halogens is 1. The van der Waals surface area contributed by atoms with Crippen molar-refractivity contribution in [3.05, 3.63) is 28.2 Å². The van der Waals surface area contributed by atoms with E-state index in [0.717, 1.165) is 16.7 Å². The number of hydrogen-bond acceptors (Lipinski definition) is 3. The van der Waals surface area contributed by atoms with Gasteiger partial charge in [0.15, 0.2) is 0 Å². The molecular formula is C12H12BrN3O. The van der Waals surface area contributed by atoms with E-state index < -0.39 is 0 Å². The van der Waals surface area contributed by atoms with Crippen LogP contribution in [0.1, 0.15) is 5.56 Å². The maximum absolute atomic E-state index is 11.6. The predicted molar refractivity (Wildman–Crippen MR) is 68.7 cm³/mol. The van der Waals surface area contributed by atoms with Crippen LogP contribution < -0.4 is 4.90 Å². The summed E-state index contributed by atoms with van der Waals surface area (Å²) in [4.78, 5) is 15.3. The fourth-order valence-electron chi connectivity index (χ4n) is 1.84. The van der Waals surface area contributed by atoms with Crippen molar-refractivity contribution in [1.82, 2.24) is 4.90 Å². The maximum Gasteiger partial charge on any atom is 0.241 e. The summed E-state index contributed by atoms with van der Waals surface area (Å²) < 4.78 is 0.873. The molecule has 0 aliphatic carbocycles. The monoisotopic (exact) mass is 293 g/mol. The molecule has 1 amide bonds. The van der Waals surface area contributed by atoms with Crippen LogP contribution in [0.15, 0.2) is 22.7 Å². The van der Waals surface area contributed by atoms with Crippen molar-refractivity contribution in [3.8, 4) is 6.07 Å². The van der Waals surface area contributed by atoms with Crippen molar-refractivity contribution >= 4 is 27.5 Å². The third-order valence-electron chi connectivity index (χ3n) is 2.88. The largest absolute Gasteiger partial charge is 0.359 e. The third kappa shape index (κ3) is 2.42. The highest BCUT2D eigenvalue weighted by molar-refractivity contribution is 9.10. The van der Waals surface area contributed by atoms with Crippen LogP contribution in [-0.2, 0) is 4.79 Å². The van der Waals surface area contributed by atoms with E-state index in [4.69, 9.17) is 5.26 Å². The lowest BCUT2D eigenvalue weighted by Crippen LogP contribution is -2.48. The first kappa shape index (κ1) is 11.9. The minimum Gasteiger partial charge on any atom is -0.359 e. The van der Waals surface area contributed by atoms with Gasteiger partial charge in [-0.3, -0.25) is 4.79 Å². The fraction of sp³-hybridized carbons (Fsp3) is 0.333. The van der Waals surface area contributed by atoms with Crippen molar-refractivity contribution in [3.63, 3.8) is 0 Å². The van der Waals surface area contributed by atoms with E-state index in [1.807, 2.05) is 17.0 Å². The zero-order valence-corrected chi connectivity index (χ0v) is 11.1. The van der Waals surface area contributed by atoms with Crippen molar-refractivity contribution in [2.75, 3.05) is 31.6 Å². The Bertz CT molecular complexity index is 495. The van der Waals surface area contributed by atoms with Crippen molar-refractivity contribution in [1.29, 1.82) is 5.26 Å². The standard InChI is InChI=1S/C12H12BrN3O/c1-15-4-5-16(8-12(15)17)11-3-2-10(13)6-9(11)7-14/h2-3,6H,4-5,8H2,1H3. The summed E-state index contributed by atoms with van der Waals surface area (Å²) >= 11 is 3.34. The molecule has 4 nitrogen and oxygen atoms in total. The molecule has 1 aliphatic heterocycles. The maximum atomic E-state index is 11.6. The number of nitriles is 1. The molecule has 1 aromatic carbocycles. The lowest BCUT2D eigenvalue weighted by molar-refractivity contribution is -0.129. The Morgan fingerprint density at radius 1 is 1.41 bits per heavy atom.